The van der Waals surface area contributed by atoms with Gasteiger partial charge in [-0.15, -0.1) is 0 Å². The van der Waals surface area contributed by atoms with Gasteiger partial charge in [0, 0.05) is 6.92 Å². The minimum atomic E-state index is -0.897. The van der Waals surface area contributed by atoms with E-state index < -0.39 is 47.5 Å². The van der Waals surface area contributed by atoms with Crippen LogP contribution in [-0.4, -0.2) is 51.4 Å². The monoisotopic (exact) mass is 327 g/mol. The molecule has 10 nitrogen and oxygen atoms in total. The molecule has 0 bridgehead atoms. The van der Waals surface area contributed by atoms with Crippen molar-refractivity contribution in [2.75, 3.05) is 6.61 Å². The molecule has 4 atom stereocenters. The Kier molecular flexibility index (Phi) is 3.82. The minimum absolute atomic E-state index is 0.0372. The third kappa shape index (κ3) is 3.05. The van der Waals surface area contributed by atoms with Gasteiger partial charge >= 0.3 is 11.7 Å². The van der Waals surface area contributed by atoms with Crippen LogP contribution in [0, 0.1) is 0 Å². The molecule has 3 heterocycles. The zero-order valence-electron chi connectivity index (χ0n) is 12.8. The smallest absolute Gasteiger partial charge is 0.347 e. The number of aromatic amines is 1. The zero-order valence-corrected chi connectivity index (χ0v) is 12.8. The van der Waals surface area contributed by atoms with Gasteiger partial charge in [0.15, 0.2) is 12.0 Å². The number of H-pyrrole nitrogens is 1. The number of hydrogen-bond acceptors (Lipinski definition) is 8. The van der Waals surface area contributed by atoms with E-state index in [0.29, 0.717) is 0 Å². The molecule has 2 aliphatic rings. The summed E-state index contributed by atoms with van der Waals surface area (Å²) in [4.78, 5) is 36.2. The molecular formula is C13H17N3O7. The van der Waals surface area contributed by atoms with E-state index in [9.17, 15) is 14.4 Å². The van der Waals surface area contributed by atoms with Crippen molar-refractivity contribution in [1.29, 1.82) is 0 Å². The molecule has 0 amide bonds. The maximum Gasteiger partial charge on any atom is 0.347 e. The predicted molar refractivity (Wildman–Crippen MR) is 73.5 cm³/mol. The first-order valence-electron chi connectivity index (χ1n) is 7.09. The third-order valence-electron chi connectivity index (χ3n) is 3.55. The number of carbonyl (C=O) groups is 1. The van der Waals surface area contributed by atoms with Gasteiger partial charge in [0.2, 0.25) is 0 Å². The fourth-order valence-electron chi connectivity index (χ4n) is 2.73. The summed E-state index contributed by atoms with van der Waals surface area (Å²) >= 11 is 0. The number of rotatable bonds is 3. The number of hydrogen-bond donors (Lipinski definition) is 1. The van der Waals surface area contributed by atoms with Crippen LogP contribution in [0.25, 0.3) is 0 Å². The molecule has 1 N–H and O–H groups in total. The molecular weight excluding hydrogens is 310 g/mol. The summed E-state index contributed by atoms with van der Waals surface area (Å²) in [5.41, 5.74) is -1.33. The number of aromatic nitrogens is 3. The number of fused-ring (bicyclic) bond motifs is 1. The minimum Gasteiger partial charge on any atom is -0.463 e. The lowest BCUT2D eigenvalue weighted by molar-refractivity contribution is -0.204. The topological polar surface area (TPSA) is 122 Å². The van der Waals surface area contributed by atoms with Crippen molar-refractivity contribution < 1.29 is 23.7 Å². The lowest BCUT2D eigenvalue weighted by Gasteiger charge is -2.24. The Balaban J connectivity index is 1.90. The second kappa shape index (κ2) is 5.55. The van der Waals surface area contributed by atoms with Gasteiger partial charge in [0.1, 0.15) is 31.1 Å². The van der Waals surface area contributed by atoms with Crippen molar-refractivity contribution in [3.8, 4) is 0 Å². The van der Waals surface area contributed by atoms with Gasteiger partial charge in [-0.05, 0) is 13.8 Å². The summed E-state index contributed by atoms with van der Waals surface area (Å²) in [5, 5.41) is 3.79. The Hall–Kier alpha value is -2.04. The van der Waals surface area contributed by atoms with Crippen LogP contribution in [0.5, 0.6) is 0 Å². The molecule has 2 saturated heterocycles. The molecule has 126 valence electrons. The molecule has 0 aliphatic carbocycles. The summed E-state index contributed by atoms with van der Waals surface area (Å²) in [6.45, 7) is 4.71. The Morgan fingerprint density at radius 2 is 2.09 bits per heavy atom. The average Bonchev–Trinajstić information content (AvgIpc) is 2.90. The number of carbonyl (C=O) groups excluding carboxylic acids is 1. The quantitative estimate of drug-likeness (QED) is 0.695. The average molecular weight is 327 g/mol. The summed E-state index contributed by atoms with van der Waals surface area (Å²) in [6, 6.07) is 0. The van der Waals surface area contributed by atoms with E-state index in [0.717, 1.165) is 10.9 Å². The molecule has 10 heteroatoms. The van der Waals surface area contributed by atoms with Crippen molar-refractivity contribution >= 4 is 5.97 Å². The maximum atomic E-state index is 11.9. The van der Waals surface area contributed by atoms with E-state index in [1.54, 1.807) is 13.8 Å². The van der Waals surface area contributed by atoms with Gasteiger partial charge in [-0.2, -0.15) is 9.78 Å². The van der Waals surface area contributed by atoms with E-state index in [4.69, 9.17) is 18.9 Å². The zero-order chi connectivity index (χ0) is 16.8. The van der Waals surface area contributed by atoms with Crippen molar-refractivity contribution in [1.82, 2.24) is 14.8 Å². The van der Waals surface area contributed by atoms with Crippen LogP contribution in [0.2, 0.25) is 0 Å². The lowest BCUT2D eigenvalue weighted by atomic mass is 10.1. The molecule has 2 aliphatic heterocycles. The molecule has 23 heavy (non-hydrogen) atoms. The molecule has 3 rings (SSSR count). The predicted octanol–water partition coefficient (Wildman–Crippen LogP) is -1.09. The number of ether oxygens (including phenoxy) is 4. The highest BCUT2D eigenvalue weighted by Crippen LogP contribution is 2.42. The highest BCUT2D eigenvalue weighted by Gasteiger charge is 2.56. The Morgan fingerprint density at radius 1 is 1.39 bits per heavy atom. The van der Waals surface area contributed by atoms with E-state index in [-0.39, 0.29) is 6.61 Å². The van der Waals surface area contributed by atoms with Crippen molar-refractivity contribution in [2.45, 2.75) is 51.1 Å². The van der Waals surface area contributed by atoms with E-state index in [2.05, 4.69) is 10.1 Å². The fraction of sp³-hybridized carbons (Fsp3) is 0.692. The van der Waals surface area contributed by atoms with Crippen LogP contribution in [0.4, 0.5) is 0 Å². The molecule has 0 aromatic carbocycles. The fourth-order valence-corrected chi connectivity index (χ4v) is 2.73. The number of nitrogens with zero attached hydrogens (tertiary/aromatic N) is 2. The highest BCUT2D eigenvalue weighted by molar-refractivity contribution is 5.65. The van der Waals surface area contributed by atoms with Crippen LogP contribution in [0.3, 0.4) is 0 Å². The van der Waals surface area contributed by atoms with Gasteiger partial charge in [0.05, 0.1) is 0 Å². The van der Waals surface area contributed by atoms with E-state index in [1.165, 1.54) is 6.92 Å². The largest absolute Gasteiger partial charge is 0.463 e. The summed E-state index contributed by atoms with van der Waals surface area (Å²) in [7, 11) is 0. The SMILES string of the molecule is CC(=O)OCC1OC(n2ncc(=O)[nH]c2=O)C2OC(C)(C)OC12. The van der Waals surface area contributed by atoms with Crippen LogP contribution in [-0.2, 0) is 23.7 Å². The first-order valence-corrected chi connectivity index (χ1v) is 7.09. The van der Waals surface area contributed by atoms with Crippen molar-refractivity contribution in [2.24, 2.45) is 0 Å². The van der Waals surface area contributed by atoms with Crippen molar-refractivity contribution in [3.05, 3.63) is 27.0 Å². The second-order valence-corrected chi connectivity index (χ2v) is 5.82. The number of nitrogens with one attached hydrogen (secondary N) is 1. The van der Waals surface area contributed by atoms with Gasteiger partial charge < -0.3 is 18.9 Å². The second-order valence-electron chi connectivity index (χ2n) is 5.82. The van der Waals surface area contributed by atoms with Crippen LogP contribution in [0.15, 0.2) is 15.8 Å². The first-order chi connectivity index (χ1) is 10.8. The van der Waals surface area contributed by atoms with Crippen LogP contribution in [0.1, 0.15) is 27.0 Å². The van der Waals surface area contributed by atoms with Gasteiger partial charge in [-0.1, -0.05) is 0 Å². The molecule has 1 aromatic heterocycles. The normalized spacial score (nSPS) is 31.8. The molecule has 0 radical (unpaired) electrons. The van der Waals surface area contributed by atoms with Gasteiger partial charge in [0.25, 0.3) is 5.56 Å². The van der Waals surface area contributed by atoms with Gasteiger partial charge in [-0.3, -0.25) is 14.6 Å². The Bertz CT molecular complexity index is 725. The summed E-state index contributed by atoms with van der Waals surface area (Å²) in [6.07, 6.45) is -1.69. The van der Waals surface area contributed by atoms with Crippen LogP contribution < -0.4 is 11.2 Å². The first kappa shape index (κ1) is 15.8. The molecule has 0 saturated carbocycles. The summed E-state index contributed by atoms with van der Waals surface area (Å²) < 4.78 is 23.2. The third-order valence-corrected chi connectivity index (χ3v) is 3.55. The van der Waals surface area contributed by atoms with E-state index in [1.807, 2.05) is 0 Å². The van der Waals surface area contributed by atoms with Gasteiger partial charge in [-0.25, -0.2) is 4.79 Å². The highest BCUT2D eigenvalue weighted by atomic mass is 16.8. The Morgan fingerprint density at radius 3 is 2.74 bits per heavy atom. The lowest BCUT2D eigenvalue weighted by Crippen LogP contribution is -2.39. The maximum absolute atomic E-state index is 11.9. The number of esters is 1. The standard InChI is InChI=1S/C13H17N3O7/c1-6(17)20-5-7-9-10(23-13(2,3)22-9)11(21-7)16-12(19)15-8(18)4-14-16/h4,7,9-11H,5H2,1-3H3,(H,15,18,19). The summed E-state index contributed by atoms with van der Waals surface area (Å²) in [5.74, 6) is -1.33. The molecule has 2 fully saturated rings. The molecule has 0 spiro atoms. The van der Waals surface area contributed by atoms with E-state index >= 15 is 0 Å². The molecule has 1 aromatic rings. The Labute approximate surface area is 130 Å². The van der Waals surface area contributed by atoms with Crippen molar-refractivity contribution in [3.63, 3.8) is 0 Å². The van der Waals surface area contributed by atoms with Crippen LogP contribution >= 0.6 is 0 Å². The molecule has 4 unspecified atom stereocenters.